The number of nitrogens with one attached hydrogen (secondary N) is 3. The number of carbonyl (C=O) groups excluding carboxylic acids is 2. The van der Waals surface area contributed by atoms with E-state index in [0.29, 0.717) is 16.9 Å². The number of benzene rings is 3. The van der Waals surface area contributed by atoms with Gasteiger partial charge in [0.25, 0.3) is 5.91 Å². The molecule has 0 fully saturated rings. The van der Waals surface area contributed by atoms with Crippen LogP contribution in [0.25, 0.3) is 11.1 Å². The second kappa shape index (κ2) is 9.34. The van der Waals surface area contributed by atoms with Crippen molar-refractivity contribution < 1.29 is 19.5 Å². The highest BCUT2D eigenvalue weighted by Gasteiger charge is 2.29. The molecule has 0 aliphatic rings. The van der Waals surface area contributed by atoms with Crippen molar-refractivity contribution in [2.75, 3.05) is 10.6 Å². The molecule has 32 heavy (non-hydrogen) atoms. The van der Waals surface area contributed by atoms with Crippen LogP contribution in [0.4, 0.5) is 16.2 Å². The van der Waals surface area contributed by atoms with Gasteiger partial charge >= 0.3 is 12.0 Å². The predicted octanol–water partition coefficient (Wildman–Crippen LogP) is 4.90. The number of urea groups is 1. The maximum atomic E-state index is 12.3. The van der Waals surface area contributed by atoms with Crippen LogP contribution < -0.4 is 16.0 Å². The maximum absolute atomic E-state index is 12.3. The first-order valence-corrected chi connectivity index (χ1v) is 10.1. The first-order chi connectivity index (χ1) is 15.1. The largest absolute Gasteiger partial charge is 0.480 e. The predicted molar refractivity (Wildman–Crippen MR) is 125 cm³/mol. The van der Waals surface area contributed by atoms with E-state index in [4.69, 9.17) is 5.11 Å². The Morgan fingerprint density at radius 1 is 0.719 bits per heavy atom. The molecule has 164 valence electrons. The molecule has 0 unspecified atom stereocenters. The fourth-order valence-electron chi connectivity index (χ4n) is 2.90. The molecule has 0 saturated heterocycles. The van der Waals surface area contributed by atoms with Gasteiger partial charge in [0.2, 0.25) is 0 Å². The van der Waals surface area contributed by atoms with Crippen LogP contribution in [0, 0.1) is 6.92 Å². The molecule has 3 aromatic rings. The van der Waals surface area contributed by atoms with Crippen LogP contribution in [0.15, 0.2) is 72.8 Å². The normalized spacial score (nSPS) is 10.8. The molecule has 0 radical (unpaired) electrons. The fourth-order valence-corrected chi connectivity index (χ4v) is 2.90. The van der Waals surface area contributed by atoms with Crippen molar-refractivity contribution in [3.63, 3.8) is 0 Å². The summed E-state index contributed by atoms with van der Waals surface area (Å²) in [6.45, 7) is 4.84. The Morgan fingerprint density at radius 3 is 1.62 bits per heavy atom. The van der Waals surface area contributed by atoms with Gasteiger partial charge in [-0.05, 0) is 68.3 Å². The number of anilines is 2. The standard InChI is InChI=1S/C25H25N3O4/c1-16-4-12-20(13-5-16)26-24(32)27-21-14-10-18(11-15-21)17-6-8-19(9-7-17)22(29)28-25(2,3)23(30)31/h4-15H,1-3H3,(H,28,29)(H,30,31)(H2,26,27,32). The van der Waals surface area contributed by atoms with Crippen molar-refractivity contribution in [3.05, 3.63) is 83.9 Å². The van der Waals surface area contributed by atoms with Crippen LogP contribution >= 0.6 is 0 Å². The molecular weight excluding hydrogens is 406 g/mol. The number of aryl methyl sites for hydroxylation is 1. The third-order valence-electron chi connectivity index (χ3n) is 4.89. The number of hydrogen-bond acceptors (Lipinski definition) is 3. The second-order valence-corrected chi connectivity index (χ2v) is 7.98. The molecule has 0 aliphatic heterocycles. The van der Waals surface area contributed by atoms with E-state index in [-0.39, 0.29) is 6.03 Å². The highest BCUT2D eigenvalue weighted by Crippen LogP contribution is 2.22. The number of aliphatic carboxylic acids is 1. The van der Waals surface area contributed by atoms with Crippen molar-refractivity contribution in [1.82, 2.24) is 5.32 Å². The lowest BCUT2D eigenvalue weighted by Crippen LogP contribution is -2.49. The minimum absolute atomic E-state index is 0.332. The number of amides is 3. The van der Waals surface area contributed by atoms with Gasteiger partial charge in [-0.2, -0.15) is 0 Å². The minimum Gasteiger partial charge on any atom is -0.480 e. The van der Waals surface area contributed by atoms with E-state index in [0.717, 1.165) is 16.7 Å². The van der Waals surface area contributed by atoms with E-state index in [1.807, 2.05) is 43.3 Å². The van der Waals surface area contributed by atoms with E-state index in [9.17, 15) is 14.4 Å². The van der Waals surface area contributed by atoms with Gasteiger partial charge in [0.05, 0.1) is 0 Å². The first kappa shape index (κ1) is 22.6. The lowest BCUT2D eigenvalue weighted by Gasteiger charge is -2.21. The molecule has 0 bridgehead atoms. The summed E-state index contributed by atoms with van der Waals surface area (Å²) in [6.07, 6.45) is 0. The zero-order chi connectivity index (χ0) is 23.3. The minimum atomic E-state index is -1.36. The monoisotopic (exact) mass is 431 g/mol. The Labute approximate surface area is 186 Å². The maximum Gasteiger partial charge on any atom is 0.328 e. The number of carbonyl (C=O) groups is 3. The zero-order valence-electron chi connectivity index (χ0n) is 18.1. The summed E-state index contributed by atoms with van der Waals surface area (Å²) in [4.78, 5) is 35.6. The molecule has 7 nitrogen and oxygen atoms in total. The molecule has 0 heterocycles. The lowest BCUT2D eigenvalue weighted by atomic mass is 10.0. The number of carboxylic acid groups (broad SMARTS) is 1. The van der Waals surface area contributed by atoms with Gasteiger partial charge in [-0.3, -0.25) is 4.79 Å². The molecule has 0 aromatic heterocycles. The van der Waals surface area contributed by atoms with Gasteiger partial charge in [-0.1, -0.05) is 42.0 Å². The molecule has 0 atom stereocenters. The fraction of sp³-hybridized carbons (Fsp3) is 0.160. The quantitative estimate of drug-likeness (QED) is 0.445. The van der Waals surface area contributed by atoms with Crippen LogP contribution in [-0.4, -0.2) is 28.6 Å². The van der Waals surface area contributed by atoms with E-state index in [1.54, 1.807) is 36.4 Å². The molecule has 0 aliphatic carbocycles. The molecule has 0 spiro atoms. The summed E-state index contributed by atoms with van der Waals surface area (Å²) >= 11 is 0. The Kier molecular flexibility index (Phi) is 6.59. The van der Waals surface area contributed by atoms with E-state index in [1.165, 1.54) is 13.8 Å². The van der Waals surface area contributed by atoms with Crippen molar-refractivity contribution in [2.24, 2.45) is 0 Å². The topological polar surface area (TPSA) is 108 Å². The Bertz CT molecular complexity index is 1120. The van der Waals surface area contributed by atoms with Crippen LogP contribution in [-0.2, 0) is 4.79 Å². The average molecular weight is 431 g/mol. The molecule has 3 rings (SSSR count). The Balaban J connectivity index is 1.62. The van der Waals surface area contributed by atoms with E-state index >= 15 is 0 Å². The summed E-state index contributed by atoms with van der Waals surface area (Å²) in [6, 6.07) is 21.4. The van der Waals surface area contributed by atoms with Gasteiger partial charge < -0.3 is 21.1 Å². The molecule has 3 aromatic carbocycles. The number of hydrogen-bond donors (Lipinski definition) is 4. The molecule has 0 saturated carbocycles. The summed E-state index contributed by atoms with van der Waals surface area (Å²) in [5, 5.41) is 17.2. The highest BCUT2D eigenvalue weighted by molar-refractivity contribution is 6.00. The van der Waals surface area contributed by atoms with Crippen molar-refractivity contribution in [3.8, 4) is 11.1 Å². The van der Waals surface area contributed by atoms with E-state index in [2.05, 4.69) is 16.0 Å². The SMILES string of the molecule is Cc1ccc(NC(=O)Nc2ccc(-c3ccc(C(=O)NC(C)(C)C(=O)O)cc3)cc2)cc1. The highest BCUT2D eigenvalue weighted by atomic mass is 16.4. The lowest BCUT2D eigenvalue weighted by molar-refractivity contribution is -0.143. The number of carboxylic acids is 1. The smallest absolute Gasteiger partial charge is 0.328 e. The van der Waals surface area contributed by atoms with Gasteiger partial charge in [-0.15, -0.1) is 0 Å². The van der Waals surface area contributed by atoms with Crippen molar-refractivity contribution >= 4 is 29.3 Å². The van der Waals surface area contributed by atoms with Crippen LogP contribution in [0.5, 0.6) is 0 Å². The van der Waals surface area contributed by atoms with Crippen LogP contribution in [0.3, 0.4) is 0 Å². The summed E-state index contributed by atoms with van der Waals surface area (Å²) in [5.74, 6) is -1.56. The summed E-state index contributed by atoms with van der Waals surface area (Å²) < 4.78 is 0. The third-order valence-corrected chi connectivity index (χ3v) is 4.89. The van der Waals surface area contributed by atoms with Crippen LogP contribution in [0.1, 0.15) is 29.8 Å². The van der Waals surface area contributed by atoms with Crippen molar-refractivity contribution in [2.45, 2.75) is 26.3 Å². The Morgan fingerprint density at radius 2 is 1.16 bits per heavy atom. The number of rotatable bonds is 6. The van der Waals surface area contributed by atoms with Gasteiger partial charge in [0.15, 0.2) is 0 Å². The third kappa shape index (κ3) is 5.72. The zero-order valence-corrected chi connectivity index (χ0v) is 18.1. The first-order valence-electron chi connectivity index (χ1n) is 10.1. The Hall–Kier alpha value is -4.13. The van der Waals surface area contributed by atoms with Gasteiger partial charge in [-0.25, -0.2) is 9.59 Å². The van der Waals surface area contributed by atoms with E-state index < -0.39 is 17.4 Å². The molecular formula is C25H25N3O4. The molecule has 4 N–H and O–H groups in total. The van der Waals surface area contributed by atoms with Crippen LogP contribution in [0.2, 0.25) is 0 Å². The summed E-state index contributed by atoms with van der Waals surface area (Å²) in [7, 11) is 0. The molecule has 3 amide bonds. The summed E-state index contributed by atoms with van der Waals surface area (Å²) in [5.41, 5.74) is 3.27. The molecule has 7 heteroatoms. The average Bonchev–Trinajstić information content (AvgIpc) is 2.75. The van der Waals surface area contributed by atoms with Crippen molar-refractivity contribution in [1.29, 1.82) is 0 Å². The second-order valence-electron chi connectivity index (χ2n) is 7.98. The van der Waals surface area contributed by atoms with Gasteiger partial charge in [0, 0.05) is 16.9 Å². The van der Waals surface area contributed by atoms with Gasteiger partial charge in [0.1, 0.15) is 5.54 Å².